The molecule has 132 valence electrons. The topological polar surface area (TPSA) is 34.0 Å². The average Bonchev–Trinajstić information content (AvgIpc) is 2.53. The third-order valence-electron chi connectivity index (χ3n) is 3.19. The van der Waals surface area contributed by atoms with Gasteiger partial charge in [0.2, 0.25) is 0 Å². The molecule has 3 nitrogen and oxygen atoms in total. The van der Waals surface area contributed by atoms with Gasteiger partial charge in [0, 0.05) is 5.56 Å². The number of nitrogens with zero attached hydrogens (tertiary/aromatic N) is 2. The van der Waals surface area contributed by atoms with Crippen LogP contribution in [0, 0.1) is 5.82 Å². The van der Waals surface area contributed by atoms with Gasteiger partial charge in [0.05, 0.1) is 12.4 Å². The fraction of sp³-hybridized carbons (Fsp3) is 0.222. The van der Waals surface area contributed by atoms with Crippen LogP contribution in [-0.4, -0.2) is 18.8 Å². The molecule has 0 aliphatic heterocycles. The van der Waals surface area contributed by atoms with Crippen molar-refractivity contribution in [2.75, 3.05) is 0 Å². The standard InChI is InChI=1S/C18H16F4N2O/c1-2-3-13-4-7-15(17(19)10-13)12-24-23-11-14-5-8-16(9-6-14)25-18(20,21)22/h4-12H,2-3H2,1H3/b23-11-,24-12+. The Morgan fingerprint density at radius 2 is 1.68 bits per heavy atom. The third-order valence-corrected chi connectivity index (χ3v) is 3.19. The number of aryl methyl sites for hydroxylation is 1. The molecule has 0 aliphatic rings. The maximum atomic E-state index is 13.9. The molecule has 0 bridgehead atoms. The monoisotopic (exact) mass is 352 g/mol. The van der Waals surface area contributed by atoms with E-state index in [2.05, 4.69) is 14.9 Å². The first-order valence-corrected chi connectivity index (χ1v) is 7.58. The van der Waals surface area contributed by atoms with E-state index >= 15 is 0 Å². The van der Waals surface area contributed by atoms with Gasteiger partial charge < -0.3 is 4.74 Å². The summed E-state index contributed by atoms with van der Waals surface area (Å²) in [7, 11) is 0. The predicted molar refractivity (Wildman–Crippen MR) is 88.7 cm³/mol. The van der Waals surface area contributed by atoms with Crippen LogP contribution in [-0.2, 0) is 6.42 Å². The van der Waals surface area contributed by atoms with Gasteiger partial charge in [-0.05, 0) is 47.9 Å². The van der Waals surface area contributed by atoms with E-state index < -0.39 is 6.36 Å². The normalized spacial score (nSPS) is 12.2. The number of rotatable bonds is 6. The third kappa shape index (κ3) is 6.37. The minimum absolute atomic E-state index is 0.311. The van der Waals surface area contributed by atoms with Crippen molar-refractivity contribution >= 4 is 12.4 Å². The predicted octanol–water partition coefficient (Wildman–Crippen LogP) is 5.13. The lowest BCUT2D eigenvalue weighted by Crippen LogP contribution is -2.16. The molecule has 0 unspecified atom stereocenters. The van der Waals surface area contributed by atoms with Crippen molar-refractivity contribution in [2.24, 2.45) is 10.2 Å². The van der Waals surface area contributed by atoms with E-state index in [0.717, 1.165) is 18.4 Å². The summed E-state index contributed by atoms with van der Waals surface area (Å²) in [5, 5.41) is 7.50. The van der Waals surface area contributed by atoms with Crippen molar-refractivity contribution in [3.8, 4) is 5.75 Å². The lowest BCUT2D eigenvalue weighted by molar-refractivity contribution is -0.274. The van der Waals surface area contributed by atoms with Crippen molar-refractivity contribution in [1.29, 1.82) is 0 Å². The van der Waals surface area contributed by atoms with Crippen molar-refractivity contribution in [2.45, 2.75) is 26.1 Å². The van der Waals surface area contributed by atoms with Crippen LogP contribution in [0.2, 0.25) is 0 Å². The Hall–Kier alpha value is -2.70. The fourth-order valence-corrected chi connectivity index (χ4v) is 2.07. The van der Waals surface area contributed by atoms with Gasteiger partial charge in [-0.3, -0.25) is 0 Å². The zero-order chi connectivity index (χ0) is 18.3. The highest BCUT2D eigenvalue weighted by molar-refractivity contribution is 5.83. The van der Waals surface area contributed by atoms with Gasteiger partial charge in [-0.1, -0.05) is 25.5 Å². The molecule has 0 spiro atoms. The SMILES string of the molecule is CCCc1ccc(/C=N/N=C\c2ccc(OC(F)(F)F)cc2)c(F)c1. The Morgan fingerprint density at radius 1 is 1.00 bits per heavy atom. The van der Waals surface area contributed by atoms with E-state index in [1.807, 2.05) is 13.0 Å². The van der Waals surface area contributed by atoms with E-state index in [0.29, 0.717) is 11.1 Å². The van der Waals surface area contributed by atoms with Crippen LogP contribution in [0.15, 0.2) is 52.7 Å². The highest BCUT2D eigenvalue weighted by Crippen LogP contribution is 2.22. The Labute approximate surface area is 142 Å². The molecular weight excluding hydrogens is 336 g/mol. The Kier molecular flexibility index (Phi) is 6.27. The van der Waals surface area contributed by atoms with Crippen LogP contribution in [0.1, 0.15) is 30.0 Å². The van der Waals surface area contributed by atoms with Crippen LogP contribution < -0.4 is 4.74 Å². The quantitative estimate of drug-likeness (QED) is 0.403. The molecule has 0 atom stereocenters. The number of ether oxygens (including phenoxy) is 1. The molecule has 7 heteroatoms. The van der Waals surface area contributed by atoms with Gasteiger partial charge >= 0.3 is 6.36 Å². The smallest absolute Gasteiger partial charge is 0.406 e. The van der Waals surface area contributed by atoms with Gasteiger partial charge in [-0.15, -0.1) is 13.2 Å². The van der Waals surface area contributed by atoms with E-state index in [1.165, 1.54) is 42.8 Å². The summed E-state index contributed by atoms with van der Waals surface area (Å²) in [4.78, 5) is 0. The maximum absolute atomic E-state index is 13.9. The highest BCUT2D eigenvalue weighted by atomic mass is 19.4. The zero-order valence-corrected chi connectivity index (χ0v) is 13.4. The van der Waals surface area contributed by atoms with Gasteiger partial charge in [-0.25, -0.2) is 4.39 Å². The number of hydrogen-bond donors (Lipinski definition) is 0. The second kappa shape index (κ2) is 8.41. The van der Waals surface area contributed by atoms with Crippen molar-refractivity contribution in [3.05, 3.63) is 65.0 Å². The molecule has 0 heterocycles. The number of benzene rings is 2. The fourth-order valence-electron chi connectivity index (χ4n) is 2.07. The number of hydrogen-bond acceptors (Lipinski definition) is 3. The molecule has 0 saturated carbocycles. The lowest BCUT2D eigenvalue weighted by atomic mass is 10.1. The van der Waals surface area contributed by atoms with Crippen LogP contribution in [0.4, 0.5) is 17.6 Å². The van der Waals surface area contributed by atoms with E-state index in [1.54, 1.807) is 6.07 Å². The van der Waals surface area contributed by atoms with Crippen LogP contribution in [0.5, 0.6) is 5.75 Å². The second-order valence-corrected chi connectivity index (χ2v) is 5.21. The Bertz CT molecular complexity index is 753. The molecule has 0 radical (unpaired) electrons. The van der Waals surface area contributed by atoms with Gasteiger partial charge in [0.1, 0.15) is 11.6 Å². The van der Waals surface area contributed by atoms with Crippen molar-refractivity contribution in [1.82, 2.24) is 0 Å². The first-order chi connectivity index (χ1) is 11.9. The van der Waals surface area contributed by atoms with Crippen LogP contribution >= 0.6 is 0 Å². The summed E-state index contributed by atoms with van der Waals surface area (Å²) in [5.74, 6) is -0.694. The first-order valence-electron chi connectivity index (χ1n) is 7.58. The highest BCUT2D eigenvalue weighted by Gasteiger charge is 2.30. The molecule has 25 heavy (non-hydrogen) atoms. The van der Waals surface area contributed by atoms with Crippen LogP contribution in [0.3, 0.4) is 0 Å². The molecular formula is C18H16F4N2O. The van der Waals surface area contributed by atoms with Gasteiger partial charge in [0.15, 0.2) is 0 Å². The molecule has 2 aromatic carbocycles. The molecule has 0 saturated heterocycles. The summed E-state index contributed by atoms with van der Waals surface area (Å²) >= 11 is 0. The van der Waals surface area contributed by atoms with Gasteiger partial charge in [-0.2, -0.15) is 10.2 Å². The van der Waals surface area contributed by atoms with E-state index in [-0.39, 0.29) is 11.6 Å². The summed E-state index contributed by atoms with van der Waals surface area (Å²) in [6.07, 6.45) is -0.360. The molecule has 2 rings (SSSR count). The number of halogens is 4. The minimum Gasteiger partial charge on any atom is -0.406 e. The largest absolute Gasteiger partial charge is 0.573 e. The summed E-state index contributed by atoms with van der Waals surface area (Å²) in [5.41, 5.74) is 1.76. The van der Waals surface area contributed by atoms with E-state index in [9.17, 15) is 17.6 Å². The molecule has 0 aromatic heterocycles. The first kappa shape index (κ1) is 18.6. The molecule has 0 fully saturated rings. The molecule has 0 amide bonds. The van der Waals surface area contributed by atoms with Crippen LogP contribution in [0.25, 0.3) is 0 Å². The maximum Gasteiger partial charge on any atom is 0.573 e. The molecule has 0 N–H and O–H groups in total. The van der Waals surface area contributed by atoms with Crippen molar-refractivity contribution in [3.63, 3.8) is 0 Å². The average molecular weight is 352 g/mol. The van der Waals surface area contributed by atoms with Gasteiger partial charge in [0.25, 0.3) is 0 Å². The Morgan fingerprint density at radius 3 is 2.28 bits per heavy atom. The van der Waals surface area contributed by atoms with E-state index in [4.69, 9.17) is 0 Å². The minimum atomic E-state index is -4.73. The molecule has 2 aromatic rings. The second-order valence-electron chi connectivity index (χ2n) is 5.21. The number of alkyl halides is 3. The van der Waals surface area contributed by atoms with Crippen molar-refractivity contribution < 1.29 is 22.3 Å². The lowest BCUT2D eigenvalue weighted by Gasteiger charge is -2.08. The zero-order valence-electron chi connectivity index (χ0n) is 13.4. The Balaban J connectivity index is 1.97. The summed E-state index contributed by atoms with van der Waals surface area (Å²) in [6, 6.07) is 10.1. The summed E-state index contributed by atoms with van der Waals surface area (Å²) < 4.78 is 53.8. The molecule has 0 aliphatic carbocycles. The summed E-state index contributed by atoms with van der Waals surface area (Å²) in [6.45, 7) is 2.02.